The molecule has 3 heteroatoms. The minimum Gasteiger partial charge on any atom is -0.243 e. The van der Waals surface area contributed by atoms with Gasteiger partial charge in [0.05, 0.1) is 0 Å². The highest BCUT2D eigenvalue weighted by molar-refractivity contribution is 7.98. The van der Waals surface area contributed by atoms with Crippen LogP contribution in [0.2, 0.25) is 0 Å². The van der Waals surface area contributed by atoms with Crippen LogP contribution in [0.5, 0.6) is 0 Å². The van der Waals surface area contributed by atoms with Crippen LogP contribution in [0.3, 0.4) is 0 Å². The van der Waals surface area contributed by atoms with Gasteiger partial charge in [-0.15, -0.1) is 0 Å². The zero-order chi connectivity index (χ0) is 10.3. The van der Waals surface area contributed by atoms with E-state index >= 15 is 0 Å². The lowest BCUT2D eigenvalue weighted by Gasteiger charge is -2.37. The Morgan fingerprint density at radius 1 is 0.923 bits per heavy atom. The standard InChI is InChI=1S/C10H22N2S/c1-9(2,3)7-8(10(4,5)6)13-12-11-7/h7-8,11-12H,1-6H3. The molecule has 0 bridgehead atoms. The molecule has 2 nitrogen and oxygen atoms in total. The topological polar surface area (TPSA) is 24.1 Å². The third-order valence-corrected chi connectivity index (χ3v) is 3.96. The first-order chi connectivity index (χ1) is 5.73. The van der Waals surface area contributed by atoms with Crippen molar-refractivity contribution in [2.24, 2.45) is 10.8 Å². The van der Waals surface area contributed by atoms with Gasteiger partial charge >= 0.3 is 0 Å². The summed E-state index contributed by atoms with van der Waals surface area (Å²) in [5.74, 6) is 0. The Hall–Kier alpha value is 0.270. The molecule has 2 atom stereocenters. The highest BCUT2D eigenvalue weighted by atomic mass is 32.2. The van der Waals surface area contributed by atoms with E-state index in [0.29, 0.717) is 22.1 Å². The Morgan fingerprint density at radius 2 is 1.46 bits per heavy atom. The minimum absolute atomic E-state index is 0.314. The van der Waals surface area contributed by atoms with Gasteiger partial charge in [-0.05, 0) is 10.8 Å². The van der Waals surface area contributed by atoms with Crippen LogP contribution < -0.4 is 10.3 Å². The molecule has 0 aromatic heterocycles. The maximum Gasteiger partial charge on any atom is 0.0426 e. The van der Waals surface area contributed by atoms with Crippen molar-refractivity contribution in [1.82, 2.24) is 10.3 Å². The Morgan fingerprint density at radius 3 is 1.77 bits per heavy atom. The molecule has 0 aromatic rings. The molecule has 13 heavy (non-hydrogen) atoms. The normalized spacial score (nSPS) is 30.9. The van der Waals surface area contributed by atoms with E-state index in [0.717, 1.165) is 0 Å². The van der Waals surface area contributed by atoms with Gasteiger partial charge in [-0.1, -0.05) is 53.5 Å². The maximum atomic E-state index is 3.37. The number of hydrogen-bond acceptors (Lipinski definition) is 3. The van der Waals surface area contributed by atoms with Crippen molar-refractivity contribution in [3.63, 3.8) is 0 Å². The molecular weight excluding hydrogens is 180 g/mol. The second-order valence-corrected chi connectivity index (χ2v) is 6.94. The molecule has 2 unspecified atom stereocenters. The van der Waals surface area contributed by atoms with Crippen LogP contribution in [0.1, 0.15) is 41.5 Å². The third kappa shape index (κ3) is 2.61. The smallest absolute Gasteiger partial charge is 0.0426 e. The molecule has 1 aliphatic rings. The lowest BCUT2D eigenvalue weighted by Crippen LogP contribution is -2.47. The summed E-state index contributed by atoms with van der Waals surface area (Å²) in [6, 6.07) is 0.539. The fraction of sp³-hybridized carbons (Fsp3) is 1.00. The average Bonchev–Trinajstić information content (AvgIpc) is 2.27. The van der Waals surface area contributed by atoms with E-state index in [-0.39, 0.29) is 0 Å². The van der Waals surface area contributed by atoms with Crippen molar-refractivity contribution in [2.75, 3.05) is 0 Å². The van der Waals surface area contributed by atoms with Gasteiger partial charge < -0.3 is 0 Å². The van der Waals surface area contributed by atoms with Gasteiger partial charge in [0, 0.05) is 11.3 Å². The molecule has 0 radical (unpaired) electrons. The van der Waals surface area contributed by atoms with Gasteiger partial charge in [-0.25, -0.2) is 10.3 Å². The molecule has 0 aromatic carbocycles. The van der Waals surface area contributed by atoms with Crippen molar-refractivity contribution < 1.29 is 0 Å². The molecule has 1 saturated heterocycles. The van der Waals surface area contributed by atoms with Crippen LogP contribution in [0.15, 0.2) is 0 Å². The Bertz CT molecular complexity index is 158. The van der Waals surface area contributed by atoms with Crippen molar-refractivity contribution in [3.8, 4) is 0 Å². The van der Waals surface area contributed by atoms with E-state index in [1.165, 1.54) is 0 Å². The molecule has 0 spiro atoms. The Balaban J connectivity index is 2.76. The summed E-state index contributed by atoms with van der Waals surface area (Å²) in [6.45, 7) is 13.8. The Kier molecular flexibility index (Phi) is 3.01. The van der Waals surface area contributed by atoms with Crippen LogP contribution in [0.4, 0.5) is 0 Å². The van der Waals surface area contributed by atoms with E-state index in [1.54, 1.807) is 0 Å². The zero-order valence-corrected chi connectivity index (χ0v) is 10.4. The van der Waals surface area contributed by atoms with Crippen LogP contribution in [-0.2, 0) is 0 Å². The highest BCUT2D eigenvalue weighted by Crippen LogP contribution is 2.40. The predicted octanol–water partition coefficient (Wildman–Crippen LogP) is 2.57. The zero-order valence-electron chi connectivity index (χ0n) is 9.56. The Labute approximate surface area is 86.3 Å². The lowest BCUT2D eigenvalue weighted by molar-refractivity contribution is 0.215. The van der Waals surface area contributed by atoms with Gasteiger partial charge in [0.1, 0.15) is 0 Å². The van der Waals surface area contributed by atoms with Crippen LogP contribution in [0, 0.1) is 10.8 Å². The molecule has 0 aliphatic carbocycles. The fourth-order valence-electron chi connectivity index (χ4n) is 1.65. The molecule has 78 valence electrons. The van der Waals surface area contributed by atoms with Crippen molar-refractivity contribution in [3.05, 3.63) is 0 Å². The second kappa shape index (κ2) is 3.44. The number of hydrogen-bond donors (Lipinski definition) is 2. The monoisotopic (exact) mass is 202 g/mol. The molecular formula is C10H22N2S. The quantitative estimate of drug-likeness (QED) is 0.590. The second-order valence-electron chi connectivity index (χ2n) is 5.99. The molecule has 0 saturated carbocycles. The molecule has 2 N–H and O–H groups in total. The van der Waals surface area contributed by atoms with E-state index in [9.17, 15) is 0 Å². The van der Waals surface area contributed by atoms with Crippen LogP contribution in [-0.4, -0.2) is 11.3 Å². The van der Waals surface area contributed by atoms with Gasteiger partial charge in [-0.3, -0.25) is 0 Å². The molecule has 1 fully saturated rings. The van der Waals surface area contributed by atoms with Gasteiger partial charge in [0.25, 0.3) is 0 Å². The van der Waals surface area contributed by atoms with Crippen molar-refractivity contribution in [1.29, 1.82) is 0 Å². The largest absolute Gasteiger partial charge is 0.243 e. The summed E-state index contributed by atoms with van der Waals surface area (Å²) in [4.78, 5) is 3.20. The highest BCUT2D eigenvalue weighted by Gasteiger charge is 2.42. The van der Waals surface area contributed by atoms with E-state index in [4.69, 9.17) is 0 Å². The van der Waals surface area contributed by atoms with E-state index < -0.39 is 0 Å². The first kappa shape index (κ1) is 11.3. The predicted molar refractivity (Wildman–Crippen MR) is 60.3 cm³/mol. The van der Waals surface area contributed by atoms with E-state index in [2.05, 4.69) is 51.8 Å². The summed E-state index contributed by atoms with van der Waals surface area (Å²) in [6.07, 6.45) is 0. The molecule has 0 amide bonds. The summed E-state index contributed by atoms with van der Waals surface area (Å²) in [5, 5.41) is 0.632. The van der Waals surface area contributed by atoms with Crippen LogP contribution >= 0.6 is 11.9 Å². The van der Waals surface area contributed by atoms with Crippen molar-refractivity contribution in [2.45, 2.75) is 52.8 Å². The fourth-order valence-corrected chi connectivity index (χ4v) is 2.94. The van der Waals surface area contributed by atoms with Gasteiger partial charge in [0.2, 0.25) is 0 Å². The van der Waals surface area contributed by atoms with E-state index in [1.807, 2.05) is 11.9 Å². The SMILES string of the molecule is CC(C)(C)C1NNSC1C(C)(C)C. The summed E-state index contributed by atoms with van der Waals surface area (Å²) >= 11 is 1.82. The minimum atomic E-state index is 0.314. The third-order valence-electron chi connectivity index (χ3n) is 2.49. The maximum absolute atomic E-state index is 3.37. The summed E-state index contributed by atoms with van der Waals surface area (Å²) in [7, 11) is 0. The molecule has 1 rings (SSSR count). The van der Waals surface area contributed by atoms with Crippen LogP contribution in [0.25, 0.3) is 0 Å². The number of rotatable bonds is 0. The first-order valence-electron chi connectivity index (χ1n) is 4.89. The van der Waals surface area contributed by atoms with Crippen molar-refractivity contribution >= 4 is 11.9 Å². The number of hydrazine groups is 1. The molecule has 1 aliphatic heterocycles. The molecule has 1 heterocycles. The summed E-state index contributed by atoms with van der Waals surface area (Å²) < 4.78 is 0. The van der Waals surface area contributed by atoms with Gasteiger partial charge in [-0.2, -0.15) is 0 Å². The lowest BCUT2D eigenvalue weighted by atomic mass is 9.77. The summed E-state index contributed by atoms with van der Waals surface area (Å²) in [5.41, 5.74) is 4.03. The average molecular weight is 202 g/mol. The number of nitrogens with one attached hydrogen (secondary N) is 2. The van der Waals surface area contributed by atoms with Gasteiger partial charge in [0.15, 0.2) is 0 Å². The first-order valence-corrected chi connectivity index (χ1v) is 5.77.